The van der Waals surface area contributed by atoms with Gasteiger partial charge in [-0.25, -0.2) is 9.97 Å². The number of ether oxygens (including phenoxy) is 1. The molecule has 0 aromatic carbocycles. The Morgan fingerprint density at radius 1 is 0.969 bits per heavy atom. The second-order valence-electron chi connectivity index (χ2n) is 7.62. The number of pyridine rings is 2. The van der Waals surface area contributed by atoms with Crippen LogP contribution in [0, 0.1) is 0 Å². The quantitative estimate of drug-likeness (QED) is 0.618. The predicted molar refractivity (Wildman–Crippen MR) is 120 cm³/mol. The van der Waals surface area contributed by atoms with Crippen LogP contribution in [0.3, 0.4) is 0 Å². The van der Waals surface area contributed by atoms with Crippen molar-refractivity contribution in [3.63, 3.8) is 0 Å². The van der Waals surface area contributed by atoms with Gasteiger partial charge >= 0.3 is 0 Å². The Labute approximate surface area is 185 Å². The largest absolute Gasteiger partial charge is 0.431 e. The van der Waals surface area contributed by atoms with Crippen molar-refractivity contribution >= 4 is 23.1 Å². The highest BCUT2D eigenvalue weighted by molar-refractivity contribution is 6.04. The summed E-state index contributed by atoms with van der Waals surface area (Å²) in [6.07, 6.45) is 6.53. The van der Waals surface area contributed by atoms with Crippen LogP contribution in [0.1, 0.15) is 10.6 Å². The van der Waals surface area contributed by atoms with Gasteiger partial charge in [-0.2, -0.15) is 0 Å². The van der Waals surface area contributed by atoms with Gasteiger partial charge in [0.25, 0.3) is 5.91 Å². The number of hydrogen-bond acceptors (Lipinski definition) is 9. The van der Waals surface area contributed by atoms with Crippen molar-refractivity contribution < 1.29 is 13.9 Å². The maximum atomic E-state index is 12.8. The molecule has 5 heterocycles. The number of carbonyl (C=O) groups is 1. The molecule has 2 aliphatic rings. The van der Waals surface area contributed by atoms with E-state index in [0.717, 1.165) is 50.8 Å². The van der Waals surface area contributed by atoms with Crippen LogP contribution in [0.2, 0.25) is 0 Å². The number of amides is 1. The van der Waals surface area contributed by atoms with E-state index in [0.29, 0.717) is 30.4 Å². The van der Waals surface area contributed by atoms with Gasteiger partial charge in [0.15, 0.2) is 0 Å². The minimum atomic E-state index is -0.369. The molecule has 0 bridgehead atoms. The zero-order chi connectivity index (χ0) is 21.8. The summed E-state index contributed by atoms with van der Waals surface area (Å²) in [7, 11) is 0. The van der Waals surface area contributed by atoms with Gasteiger partial charge in [0.2, 0.25) is 11.7 Å². The summed E-state index contributed by atoms with van der Waals surface area (Å²) in [4.78, 5) is 30.2. The Kier molecular flexibility index (Phi) is 5.95. The first kappa shape index (κ1) is 20.4. The second kappa shape index (κ2) is 9.33. The highest BCUT2D eigenvalue weighted by Crippen LogP contribution is 2.26. The molecule has 2 N–H and O–H groups in total. The van der Waals surface area contributed by atoms with Crippen molar-refractivity contribution in [3.8, 4) is 11.5 Å². The Morgan fingerprint density at radius 2 is 1.81 bits per heavy atom. The van der Waals surface area contributed by atoms with Crippen molar-refractivity contribution in [2.24, 2.45) is 0 Å². The van der Waals surface area contributed by atoms with Gasteiger partial charge in [-0.05, 0) is 18.2 Å². The molecule has 32 heavy (non-hydrogen) atoms. The van der Waals surface area contributed by atoms with Crippen molar-refractivity contribution in [3.05, 3.63) is 48.7 Å². The van der Waals surface area contributed by atoms with E-state index in [1.807, 2.05) is 18.2 Å². The average molecular weight is 435 g/mol. The van der Waals surface area contributed by atoms with Gasteiger partial charge in [0.05, 0.1) is 42.5 Å². The smallest absolute Gasteiger partial charge is 0.293 e. The van der Waals surface area contributed by atoms with Crippen LogP contribution in [0.5, 0.6) is 0 Å². The Hall–Kier alpha value is -3.50. The van der Waals surface area contributed by atoms with Gasteiger partial charge < -0.3 is 29.6 Å². The van der Waals surface area contributed by atoms with Gasteiger partial charge in [-0.3, -0.25) is 9.78 Å². The van der Waals surface area contributed by atoms with E-state index in [1.54, 1.807) is 18.6 Å². The number of nitrogens with zero attached hydrogens (tertiary/aromatic N) is 5. The number of piperazine rings is 1. The maximum Gasteiger partial charge on any atom is 0.293 e. The first-order chi connectivity index (χ1) is 15.8. The lowest BCUT2D eigenvalue weighted by atomic mass is 10.2. The zero-order valence-corrected chi connectivity index (χ0v) is 17.7. The lowest BCUT2D eigenvalue weighted by molar-refractivity contribution is 0.0997. The van der Waals surface area contributed by atoms with E-state index in [9.17, 15) is 4.79 Å². The molecule has 2 fully saturated rings. The lowest BCUT2D eigenvalue weighted by Crippen LogP contribution is -2.43. The third-order valence-electron chi connectivity index (χ3n) is 5.56. The van der Waals surface area contributed by atoms with Crippen molar-refractivity contribution in [1.82, 2.24) is 20.3 Å². The van der Waals surface area contributed by atoms with E-state index in [2.05, 4.69) is 35.4 Å². The molecule has 0 saturated carbocycles. The molecule has 3 aromatic rings. The molecular weight excluding hydrogens is 410 g/mol. The van der Waals surface area contributed by atoms with E-state index in [4.69, 9.17) is 9.15 Å². The first-order valence-corrected chi connectivity index (χ1v) is 10.7. The number of anilines is 3. The molecule has 1 amide bonds. The molecule has 0 unspecified atom stereocenters. The molecule has 5 rings (SSSR count). The molecular formula is C22H25N7O3. The predicted octanol–water partition coefficient (Wildman–Crippen LogP) is 1.63. The molecule has 2 aliphatic heterocycles. The molecule has 10 nitrogen and oxygen atoms in total. The lowest BCUT2D eigenvalue weighted by Gasteiger charge is -2.30. The van der Waals surface area contributed by atoms with Gasteiger partial charge in [-0.1, -0.05) is 0 Å². The van der Waals surface area contributed by atoms with Crippen LogP contribution in [0.4, 0.5) is 17.2 Å². The summed E-state index contributed by atoms with van der Waals surface area (Å²) in [6.45, 7) is 6.59. The summed E-state index contributed by atoms with van der Waals surface area (Å²) in [5, 5.41) is 6.24. The molecule has 0 aliphatic carbocycles. The second-order valence-corrected chi connectivity index (χ2v) is 7.62. The minimum Gasteiger partial charge on any atom is -0.431 e. The van der Waals surface area contributed by atoms with E-state index >= 15 is 0 Å². The molecule has 0 radical (unpaired) electrons. The normalized spacial score (nSPS) is 16.8. The molecule has 0 atom stereocenters. The van der Waals surface area contributed by atoms with Crippen LogP contribution in [-0.4, -0.2) is 73.3 Å². The summed E-state index contributed by atoms with van der Waals surface area (Å²) in [5.41, 5.74) is 2.30. The van der Waals surface area contributed by atoms with Gasteiger partial charge in [0.1, 0.15) is 5.82 Å². The van der Waals surface area contributed by atoms with Gasteiger partial charge in [-0.15, -0.1) is 0 Å². The first-order valence-electron chi connectivity index (χ1n) is 10.7. The van der Waals surface area contributed by atoms with Crippen LogP contribution in [0.15, 0.2) is 47.4 Å². The minimum absolute atomic E-state index is 0.132. The fourth-order valence-corrected chi connectivity index (χ4v) is 3.85. The van der Waals surface area contributed by atoms with Crippen LogP contribution in [-0.2, 0) is 4.74 Å². The van der Waals surface area contributed by atoms with Gasteiger partial charge in [0, 0.05) is 51.7 Å². The Balaban J connectivity index is 1.28. The zero-order valence-electron chi connectivity index (χ0n) is 17.7. The maximum absolute atomic E-state index is 12.8. The summed E-state index contributed by atoms with van der Waals surface area (Å²) in [6, 6.07) is 5.74. The number of morpholine rings is 1. The Morgan fingerprint density at radius 3 is 2.59 bits per heavy atom. The number of carbonyl (C=O) groups excluding carboxylic acids is 1. The molecule has 166 valence electrons. The topological polar surface area (TPSA) is 109 Å². The van der Waals surface area contributed by atoms with Crippen molar-refractivity contribution in [1.29, 1.82) is 0 Å². The highest BCUT2D eigenvalue weighted by Gasteiger charge is 2.19. The molecule has 0 spiro atoms. The summed E-state index contributed by atoms with van der Waals surface area (Å²) in [5.74, 6) is 1.00. The number of oxazole rings is 1. The molecule has 10 heteroatoms. The average Bonchev–Trinajstić information content (AvgIpc) is 3.36. The third-order valence-corrected chi connectivity index (χ3v) is 5.56. The van der Waals surface area contributed by atoms with Crippen LogP contribution in [0.25, 0.3) is 11.5 Å². The number of rotatable bonds is 5. The summed E-state index contributed by atoms with van der Waals surface area (Å²) < 4.78 is 11.1. The van der Waals surface area contributed by atoms with E-state index in [1.165, 1.54) is 6.20 Å². The van der Waals surface area contributed by atoms with Crippen LogP contribution >= 0.6 is 0 Å². The standard InChI is InChI=1S/C22H25N7O3/c30-21(27-17-14-24-4-3-18(17)28-7-5-23-6-8-28)19-15-26-22(32-19)16-1-2-20(25-13-16)29-9-11-31-12-10-29/h1-4,13-15,23H,5-12H2,(H,27,30). The van der Waals surface area contributed by atoms with Crippen LogP contribution < -0.4 is 20.4 Å². The highest BCUT2D eigenvalue weighted by atomic mass is 16.5. The fraction of sp³-hybridized carbons (Fsp3) is 0.364. The van der Waals surface area contributed by atoms with E-state index in [-0.39, 0.29) is 11.7 Å². The molecule has 3 aromatic heterocycles. The number of aromatic nitrogens is 3. The monoisotopic (exact) mass is 435 g/mol. The van der Waals surface area contributed by atoms with E-state index < -0.39 is 0 Å². The van der Waals surface area contributed by atoms with Crippen molar-refractivity contribution in [2.75, 3.05) is 67.6 Å². The SMILES string of the molecule is O=C(Nc1cnccc1N1CCNCC1)c1cnc(-c2ccc(N3CCOCC3)nc2)o1. The number of hydrogen-bond donors (Lipinski definition) is 2. The Bertz CT molecular complexity index is 1060. The number of nitrogens with one attached hydrogen (secondary N) is 2. The molecule has 2 saturated heterocycles. The summed E-state index contributed by atoms with van der Waals surface area (Å²) >= 11 is 0. The third kappa shape index (κ3) is 4.41. The van der Waals surface area contributed by atoms with Crippen molar-refractivity contribution in [2.45, 2.75) is 0 Å². The fourth-order valence-electron chi connectivity index (χ4n) is 3.85.